The molecule has 0 aromatic heterocycles. The molecule has 1 aliphatic heterocycles. The number of hydrogen-bond donors (Lipinski definition) is 0. The normalized spacial score (nSPS) is 20.6. The summed E-state index contributed by atoms with van der Waals surface area (Å²) in [6.07, 6.45) is -4.92. The quantitative estimate of drug-likeness (QED) is 0.152. The van der Waals surface area contributed by atoms with Crippen molar-refractivity contribution >= 4 is 17.9 Å². The van der Waals surface area contributed by atoms with Gasteiger partial charge in [-0.05, 0) is 41.9 Å². The van der Waals surface area contributed by atoms with Crippen LogP contribution in [-0.4, -0.2) is 49.1 Å². The van der Waals surface area contributed by atoms with E-state index in [9.17, 15) is 14.4 Å². The molecule has 4 rings (SSSR count). The maximum Gasteiger partial charge on any atom is 0.338 e. The van der Waals surface area contributed by atoms with Crippen molar-refractivity contribution in [1.29, 1.82) is 0 Å². The van der Waals surface area contributed by atoms with Gasteiger partial charge in [-0.15, -0.1) is 0 Å². The molecule has 0 spiro atoms. The van der Waals surface area contributed by atoms with Gasteiger partial charge in [0.2, 0.25) is 0 Å². The van der Waals surface area contributed by atoms with E-state index in [0.717, 1.165) is 0 Å². The monoisotopic (exact) mass is 487 g/mol. The second kappa shape index (κ2) is 11.7. The fourth-order valence-corrected chi connectivity index (χ4v) is 3.60. The van der Waals surface area contributed by atoms with Crippen LogP contribution in [0, 0.1) is 0 Å². The van der Waals surface area contributed by atoms with Crippen LogP contribution in [-0.2, 0) is 18.9 Å². The molecule has 3 aromatic rings. The third-order valence-electron chi connectivity index (χ3n) is 5.34. The summed E-state index contributed by atoms with van der Waals surface area (Å²) in [6.45, 7) is -0.350. The van der Waals surface area contributed by atoms with Crippen LogP contribution in [0.15, 0.2) is 96.1 Å². The summed E-state index contributed by atoms with van der Waals surface area (Å²) in [6, 6.07) is 24.6. The van der Waals surface area contributed by atoms with Crippen LogP contribution in [0.3, 0.4) is 0 Å². The summed E-state index contributed by atoms with van der Waals surface area (Å²) in [5.41, 5.74) is 9.84. The van der Waals surface area contributed by atoms with Crippen molar-refractivity contribution in [3.63, 3.8) is 0 Å². The van der Waals surface area contributed by atoms with Gasteiger partial charge in [-0.3, -0.25) is 0 Å². The lowest BCUT2D eigenvalue weighted by Crippen LogP contribution is -2.41. The van der Waals surface area contributed by atoms with E-state index in [1.807, 2.05) is 0 Å². The molecule has 10 heteroatoms. The van der Waals surface area contributed by atoms with Crippen molar-refractivity contribution in [1.82, 2.24) is 0 Å². The summed E-state index contributed by atoms with van der Waals surface area (Å²) < 4.78 is 22.3. The van der Waals surface area contributed by atoms with Crippen molar-refractivity contribution in [2.75, 3.05) is 6.61 Å². The van der Waals surface area contributed by atoms with E-state index in [0.29, 0.717) is 5.56 Å². The minimum Gasteiger partial charge on any atom is -0.459 e. The van der Waals surface area contributed by atoms with E-state index < -0.39 is 42.4 Å². The smallest absolute Gasteiger partial charge is 0.338 e. The van der Waals surface area contributed by atoms with Crippen LogP contribution >= 0.6 is 0 Å². The molecule has 3 aromatic carbocycles. The SMILES string of the molecule is [N-]=[N+]=N[C@@H]1O[C@H](COC(=O)c2ccccc2)[C@H](OC(=O)c2ccccc2)[C@H]1OC(=O)c1ccccc1. The average molecular weight is 487 g/mol. The van der Waals surface area contributed by atoms with Crippen LogP contribution in [0.4, 0.5) is 0 Å². The Hall–Kier alpha value is -4.66. The van der Waals surface area contributed by atoms with Gasteiger partial charge < -0.3 is 18.9 Å². The van der Waals surface area contributed by atoms with Gasteiger partial charge in [-0.1, -0.05) is 59.7 Å². The first-order chi connectivity index (χ1) is 17.6. The number of rotatable bonds is 8. The number of hydrogen-bond acceptors (Lipinski definition) is 8. The highest BCUT2D eigenvalue weighted by Gasteiger charge is 2.50. The molecule has 36 heavy (non-hydrogen) atoms. The van der Waals surface area contributed by atoms with Gasteiger partial charge in [0, 0.05) is 4.91 Å². The Morgan fingerprint density at radius 3 is 1.64 bits per heavy atom. The van der Waals surface area contributed by atoms with Crippen LogP contribution in [0.5, 0.6) is 0 Å². The average Bonchev–Trinajstić information content (AvgIpc) is 3.24. The molecule has 0 unspecified atom stereocenters. The van der Waals surface area contributed by atoms with Crippen LogP contribution in [0.25, 0.3) is 10.4 Å². The lowest BCUT2D eigenvalue weighted by Gasteiger charge is -2.23. The highest BCUT2D eigenvalue weighted by Crippen LogP contribution is 2.30. The molecule has 1 aliphatic rings. The summed E-state index contributed by atoms with van der Waals surface area (Å²) in [5, 5.41) is 3.57. The van der Waals surface area contributed by atoms with Crippen molar-refractivity contribution in [2.24, 2.45) is 5.11 Å². The molecule has 1 fully saturated rings. The van der Waals surface area contributed by atoms with Gasteiger partial charge in [0.1, 0.15) is 12.7 Å². The number of ether oxygens (including phenoxy) is 4. The van der Waals surface area contributed by atoms with Gasteiger partial charge in [0.25, 0.3) is 0 Å². The molecular formula is C26H21N3O7. The van der Waals surface area contributed by atoms with E-state index >= 15 is 0 Å². The number of azide groups is 1. The van der Waals surface area contributed by atoms with Gasteiger partial charge in [-0.25, -0.2) is 14.4 Å². The molecule has 0 aliphatic carbocycles. The van der Waals surface area contributed by atoms with Crippen LogP contribution in [0.2, 0.25) is 0 Å². The molecule has 0 amide bonds. The van der Waals surface area contributed by atoms with E-state index in [1.54, 1.807) is 91.0 Å². The molecule has 182 valence electrons. The number of carbonyl (C=O) groups excluding carboxylic acids is 3. The zero-order chi connectivity index (χ0) is 25.3. The molecule has 1 saturated heterocycles. The molecule has 1 heterocycles. The zero-order valence-corrected chi connectivity index (χ0v) is 18.9. The van der Waals surface area contributed by atoms with Crippen molar-refractivity contribution < 1.29 is 33.3 Å². The number of esters is 3. The highest BCUT2D eigenvalue weighted by atomic mass is 16.7. The lowest BCUT2D eigenvalue weighted by molar-refractivity contribution is -0.0445. The minimum atomic E-state index is -1.32. The number of benzene rings is 3. The van der Waals surface area contributed by atoms with Crippen molar-refractivity contribution in [3.8, 4) is 0 Å². The minimum absolute atomic E-state index is 0.240. The molecule has 10 nitrogen and oxygen atoms in total. The number of nitrogens with zero attached hydrogens (tertiary/aromatic N) is 3. The fourth-order valence-electron chi connectivity index (χ4n) is 3.60. The molecular weight excluding hydrogens is 466 g/mol. The molecule has 0 bridgehead atoms. The topological polar surface area (TPSA) is 137 Å². The largest absolute Gasteiger partial charge is 0.459 e. The van der Waals surface area contributed by atoms with Gasteiger partial charge in [0.05, 0.1) is 16.7 Å². The summed E-state index contributed by atoms with van der Waals surface area (Å²) >= 11 is 0. The Bertz CT molecular complexity index is 1250. The fraction of sp³-hybridized carbons (Fsp3) is 0.192. The van der Waals surface area contributed by atoms with Crippen molar-refractivity contribution in [2.45, 2.75) is 24.5 Å². The van der Waals surface area contributed by atoms with E-state index in [1.165, 1.54) is 0 Å². The Kier molecular flexibility index (Phi) is 7.92. The van der Waals surface area contributed by atoms with Crippen LogP contribution < -0.4 is 0 Å². The summed E-state index contributed by atoms with van der Waals surface area (Å²) in [4.78, 5) is 40.8. The third kappa shape index (κ3) is 5.87. The van der Waals surface area contributed by atoms with Crippen molar-refractivity contribution in [3.05, 3.63) is 118 Å². The van der Waals surface area contributed by atoms with E-state index in [-0.39, 0.29) is 17.7 Å². The Morgan fingerprint density at radius 1 is 0.722 bits per heavy atom. The van der Waals surface area contributed by atoms with Crippen LogP contribution in [0.1, 0.15) is 31.1 Å². The Morgan fingerprint density at radius 2 is 1.17 bits per heavy atom. The first-order valence-corrected chi connectivity index (χ1v) is 11.0. The van der Waals surface area contributed by atoms with Gasteiger partial charge >= 0.3 is 17.9 Å². The third-order valence-corrected chi connectivity index (χ3v) is 5.34. The summed E-state index contributed by atoms with van der Waals surface area (Å²) in [5.74, 6) is -2.08. The molecule has 4 atom stereocenters. The predicted octanol–water partition coefficient (Wildman–Crippen LogP) is 4.33. The predicted molar refractivity (Wildman–Crippen MR) is 126 cm³/mol. The van der Waals surface area contributed by atoms with E-state index in [4.69, 9.17) is 24.5 Å². The van der Waals surface area contributed by atoms with Gasteiger partial charge in [-0.2, -0.15) is 0 Å². The second-order valence-corrected chi connectivity index (χ2v) is 7.71. The Labute approximate surface area is 206 Å². The summed E-state index contributed by atoms with van der Waals surface area (Å²) in [7, 11) is 0. The van der Waals surface area contributed by atoms with E-state index in [2.05, 4.69) is 10.0 Å². The van der Waals surface area contributed by atoms with Gasteiger partial charge in [0.15, 0.2) is 18.4 Å². The molecule has 0 saturated carbocycles. The maximum atomic E-state index is 12.8. The second-order valence-electron chi connectivity index (χ2n) is 7.71. The first kappa shape index (κ1) is 24.5. The Balaban J connectivity index is 1.58. The number of carbonyl (C=O) groups is 3. The maximum absolute atomic E-state index is 12.8. The lowest BCUT2D eigenvalue weighted by atomic mass is 10.1. The molecule has 0 N–H and O–H groups in total. The standard InChI is InChI=1S/C26H21N3O7/c27-29-28-23-22(36-26(32)19-14-8-3-9-15-19)21(35-25(31)18-12-6-2-7-13-18)20(34-23)16-33-24(30)17-10-4-1-5-11-17/h1-15,20-23H,16H2/t20-,21+,22-,23-/m1/s1. The molecule has 0 radical (unpaired) electrons. The highest BCUT2D eigenvalue weighted by molar-refractivity contribution is 5.91. The zero-order valence-electron chi connectivity index (χ0n) is 18.9. The first-order valence-electron chi connectivity index (χ1n) is 11.0.